The first-order valence-corrected chi connectivity index (χ1v) is 12.7. The van der Waals surface area contributed by atoms with Crippen LogP contribution in [0.4, 0.5) is 15.3 Å². The molecule has 1 saturated heterocycles. The first-order chi connectivity index (χ1) is 16.8. The molecule has 0 atom stereocenters. The van der Waals surface area contributed by atoms with Crippen LogP contribution in [0.1, 0.15) is 43.1 Å². The van der Waals surface area contributed by atoms with Crippen molar-refractivity contribution in [1.29, 1.82) is 5.26 Å². The molecule has 35 heavy (non-hydrogen) atoms. The Labute approximate surface area is 210 Å². The van der Waals surface area contributed by atoms with Gasteiger partial charge in [-0.15, -0.1) is 0 Å². The van der Waals surface area contributed by atoms with Gasteiger partial charge in [-0.3, -0.25) is 0 Å². The summed E-state index contributed by atoms with van der Waals surface area (Å²) in [5.74, 6) is 2.02. The van der Waals surface area contributed by atoms with E-state index in [-0.39, 0.29) is 5.82 Å². The SMILES string of the molecule is C=C(/C=C(/C)c1nc(CC)c(N(C)c2nc(-c3ccc(F)cc3)c(C#N)s2)n1C)C1CCNCC1. The minimum atomic E-state index is -0.318. The van der Waals surface area contributed by atoms with Gasteiger partial charge in [0.2, 0.25) is 0 Å². The van der Waals surface area contributed by atoms with E-state index in [0.29, 0.717) is 21.6 Å². The Kier molecular flexibility index (Phi) is 7.48. The number of nitrogens with zero attached hydrogens (tertiary/aromatic N) is 5. The maximum Gasteiger partial charge on any atom is 0.192 e. The Bertz CT molecular complexity index is 1290. The van der Waals surface area contributed by atoms with E-state index in [1.54, 1.807) is 12.1 Å². The number of nitrogens with one attached hydrogen (secondary N) is 1. The molecule has 3 heterocycles. The molecule has 1 aliphatic rings. The fourth-order valence-electron chi connectivity index (χ4n) is 4.63. The van der Waals surface area contributed by atoms with Crippen LogP contribution in [-0.4, -0.2) is 34.7 Å². The Morgan fingerprint density at radius 2 is 2.00 bits per heavy atom. The molecule has 2 aromatic heterocycles. The molecule has 1 fully saturated rings. The van der Waals surface area contributed by atoms with Crippen molar-refractivity contribution in [3.05, 3.63) is 64.7 Å². The molecule has 1 aromatic carbocycles. The topological polar surface area (TPSA) is 69.8 Å². The van der Waals surface area contributed by atoms with Gasteiger partial charge in [-0.25, -0.2) is 14.4 Å². The zero-order valence-electron chi connectivity index (χ0n) is 20.7. The summed E-state index contributed by atoms with van der Waals surface area (Å²) >= 11 is 1.32. The van der Waals surface area contributed by atoms with Crippen LogP contribution < -0.4 is 10.2 Å². The van der Waals surface area contributed by atoms with Crippen LogP contribution in [0.2, 0.25) is 0 Å². The van der Waals surface area contributed by atoms with Gasteiger partial charge in [0.1, 0.15) is 34.1 Å². The van der Waals surface area contributed by atoms with Crippen LogP contribution in [0.25, 0.3) is 16.8 Å². The molecule has 3 aromatic rings. The predicted molar refractivity (Wildman–Crippen MR) is 141 cm³/mol. The highest BCUT2D eigenvalue weighted by atomic mass is 32.1. The predicted octanol–water partition coefficient (Wildman–Crippen LogP) is 5.84. The molecule has 182 valence electrons. The molecule has 0 saturated carbocycles. The largest absolute Gasteiger partial charge is 0.317 e. The monoisotopic (exact) mass is 490 g/mol. The van der Waals surface area contributed by atoms with E-state index >= 15 is 0 Å². The number of piperidine rings is 1. The van der Waals surface area contributed by atoms with Crippen LogP contribution in [-0.2, 0) is 13.5 Å². The number of allylic oxidation sites excluding steroid dienone is 3. The molecule has 0 amide bonds. The van der Waals surface area contributed by atoms with Crippen LogP contribution in [0.15, 0.2) is 42.5 Å². The van der Waals surface area contributed by atoms with Gasteiger partial charge >= 0.3 is 0 Å². The van der Waals surface area contributed by atoms with Crippen molar-refractivity contribution >= 4 is 27.9 Å². The van der Waals surface area contributed by atoms with E-state index in [1.165, 1.54) is 23.5 Å². The zero-order chi connectivity index (χ0) is 25.1. The van der Waals surface area contributed by atoms with E-state index in [4.69, 9.17) is 9.97 Å². The Hall–Kier alpha value is -3.28. The lowest BCUT2D eigenvalue weighted by atomic mass is 9.90. The molecule has 0 aliphatic carbocycles. The summed E-state index contributed by atoms with van der Waals surface area (Å²) < 4.78 is 15.5. The van der Waals surface area contributed by atoms with Gasteiger partial charge in [-0.1, -0.05) is 36.5 Å². The first-order valence-electron chi connectivity index (χ1n) is 11.9. The molecule has 0 radical (unpaired) electrons. The maximum atomic E-state index is 13.4. The lowest BCUT2D eigenvalue weighted by Gasteiger charge is -2.23. The van der Waals surface area contributed by atoms with E-state index < -0.39 is 0 Å². The van der Waals surface area contributed by atoms with Gasteiger partial charge in [0.15, 0.2) is 5.13 Å². The van der Waals surface area contributed by atoms with Gasteiger partial charge in [0.05, 0.1) is 5.69 Å². The maximum absolute atomic E-state index is 13.4. The third kappa shape index (κ3) is 5.07. The van der Waals surface area contributed by atoms with Gasteiger partial charge in [-0.2, -0.15) is 5.26 Å². The first kappa shape index (κ1) is 24.8. The van der Waals surface area contributed by atoms with E-state index in [1.807, 2.05) is 19.0 Å². The average molecular weight is 491 g/mol. The highest BCUT2D eigenvalue weighted by Crippen LogP contribution is 2.37. The number of aromatic nitrogens is 3. The number of hydrogen-bond acceptors (Lipinski definition) is 6. The minimum Gasteiger partial charge on any atom is -0.317 e. The highest BCUT2D eigenvalue weighted by Gasteiger charge is 2.23. The van der Waals surface area contributed by atoms with Crippen molar-refractivity contribution in [3.8, 4) is 17.3 Å². The summed E-state index contributed by atoms with van der Waals surface area (Å²) in [5.41, 5.74) is 4.48. The normalized spacial score (nSPS) is 14.7. The molecule has 1 aliphatic heterocycles. The second-order valence-electron chi connectivity index (χ2n) is 8.90. The number of hydrogen-bond donors (Lipinski definition) is 1. The van der Waals surface area contributed by atoms with Crippen molar-refractivity contribution in [3.63, 3.8) is 0 Å². The summed E-state index contributed by atoms with van der Waals surface area (Å²) in [6.45, 7) is 10.6. The number of aryl methyl sites for hydroxylation is 1. The van der Waals surface area contributed by atoms with Gasteiger partial charge in [-0.05, 0) is 75.0 Å². The van der Waals surface area contributed by atoms with Crippen LogP contribution in [0.5, 0.6) is 0 Å². The summed E-state index contributed by atoms with van der Waals surface area (Å²) in [7, 11) is 3.96. The standard InChI is InChI=1S/C27H31FN6S/c1-6-22-26(33(4)25(31-22)18(3)15-17(2)19-11-13-30-14-12-19)34(5)27-32-24(23(16-29)35-27)20-7-9-21(28)10-8-20/h7-10,15,19,30H,2,6,11-14H2,1,3-5H3/b18-15-. The number of rotatable bonds is 7. The highest BCUT2D eigenvalue weighted by molar-refractivity contribution is 7.16. The summed E-state index contributed by atoms with van der Waals surface area (Å²) in [4.78, 5) is 12.2. The number of anilines is 2. The molecular formula is C27H31FN6S. The molecule has 1 N–H and O–H groups in total. The molecule has 0 unspecified atom stereocenters. The van der Waals surface area contributed by atoms with Crippen LogP contribution in [0, 0.1) is 23.1 Å². The third-order valence-corrected chi connectivity index (χ3v) is 7.56. The number of benzene rings is 1. The third-order valence-electron chi connectivity index (χ3n) is 6.53. The van der Waals surface area contributed by atoms with Gasteiger partial charge in [0, 0.05) is 19.7 Å². The number of thiazole rings is 1. The van der Waals surface area contributed by atoms with E-state index in [2.05, 4.69) is 42.5 Å². The van der Waals surface area contributed by atoms with Gasteiger partial charge in [0.25, 0.3) is 0 Å². The fraction of sp³-hybridized carbons (Fsp3) is 0.370. The van der Waals surface area contributed by atoms with E-state index in [9.17, 15) is 9.65 Å². The minimum absolute atomic E-state index is 0.318. The zero-order valence-corrected chi connectivity index (χ0v) is 21.5. The van der Waals surface area contributed by atoms with Crippen molar-refractivity contribution in [1.82, 2.24) is 19.9 Å². The number of halogens is 1. The lowest BCUT2D eigenvalue weighted by Crippen LogP contribution is -2.28. The summed E-state index contributed by atoms with van der Waals surface area (Å²) in [5, 5.41) is 13.8. The number of nitriles is 1. The van der Waals surface area contributed by atoms with Crippen LogP contribution in [0.3, 0.4) is 0 Å². The summed E-state index contributed by atoms with van der Waals surface area (Å²) in [6, 6.07) is 8.31. The lowest BCUT2D eigenvalue weighted by molar-refractivity contribution is 0.426. The second-order valence-corrected chi connectivity index (χ2v) is 9.87. The Morgan fingerprint density at radius 1 is 1.31 bits per heavy atom. The smallest absolute Gasteiger partial charge is 0.192 e. The average Bonchev–Trinajstić information content (AvgIpc) is 3.45. The Balaban J connectivity index is 1.68. The van der Waals surface area contributed by atoms with E-state index in [0.717, 1.165) is 66.4 Å². The second kappa shape index (κ2) is 10.5. The van der Waals surface area contributed by atoms with Crippen molar-refractivity contribution < 1.29 is 4.39 Å². The molecule has 8 heteroatoms. The van der Waals surface area contributed by atoms with Gasteiger partial charge < -0.3 is 14.8 Å². The molecule has 0 spiro atoms. The van der Waals surface area contributed by atoms with Crippen molar-refractivity contribution in [2.75, 3.05) is 25.0 Å². The Morgan fingerprint density at radius 3 is 2.63 bits per heavy atom. The number of imidazole rings is 1. The summed E-state index contributed by atoms with van der Waals surface area (Å²) in [6.07, 6.45) is 5.15. The molecule has 4 rings (SSSR count). The molecular weight excluding hydrogens is 459 g/mol. The molecule has 6 nitrogen and oxygen atoms in total. The van der Waals surface area contributed by atoms with Crippen molar-refractivity contribution in [2.45, 2.75) is 33.1 Å². The van der Waals surface area contributed by atoms with Crippen molar-refractivity contribution in [2.24, 2.45) is 13.0 Å². The quantitative estimate of drug-likeness (QED) is 0.421. The van der Waals surface area contributed by atoms with Crippen LogP contribution >= 0.6 is 11.3 Å². The molecule has 0 bridgehead atoms. The fourth-order valence-corrected chi connectivity index (χ4v) is 5.48.